The topological polar surface area (TPSA) is 104 Å². The number of nitrogens with zero attached hydrogens (tertiary/aromatic N) is 2. The molecule has 1 aromatic heterocycles. The van der Waals surface area contributed by atoms with Crippen molar-refractivity contribution in [1.29, 1.82) is 0 Å². The van der Waals surface area contributed by atoms with Gasteiger partial charge in [-0.15, -0.1) is 0 Å². The normalized spacial score (nSPS) is 18.5. The second-order valence-electron chi connectivity index (χ2n) is 9.24. The van der Waals surface area contributed by atoms with Crippen LogP contribution in [0.15, 0.2) is 102 Å². The summed E-state index contributed by atoms with van der Waals surface area (Å²) in [7, 11) is 0. The molecule has 1 saturated heterocycles. The lowest BCUT2D eigenvalue weighted by molar-refractivity contribution is -0.119. The first-order chi connectivity index (χ1) is 18.7. The predicted molar refractivity (Wildman–Crippen MR) is 147 cm³/mol. The van der Waals surface area contributed by atoms with Crippen LogP contribution in [0.3, 0.4) is 0 Å². The minimum atomic E-state index is -1.50. The van der Waals surface area contributed by atoms with Gasteiger partial charge in [0.2, 0.25) is 5.91 Å². The van der Waals surface area contributed by atoms with Gasteiger partial charge in [-0.3, -0.25) is 14.2 Å². The second-order valence-corrected chi connectivity index (χ2v) is 9.68. The highest BCUT2D eigenvalue weighted by Crippen LogP contribution is 2.37. The summed E-state index contributed by atoms with van der Waals surface area (Å²) in [4.78, 5) is 40.0. The number of nitrogens with one attached hydrogen (secondary N) is 2. The number of amides is 3. The van der Waals surface area contributed by atoms with Gasteiger partial charge in [-0.2, -0.15) is 0 Å². The number of rotatable bonds is 5. The molecule has 1 aliphatic rings. The largest absolute Gasteiger partial charge is 0.383 e. The molecule has 1 fully saturated rings. The van der Waals surface area contributed by atoms with E-state index in [4.69, 9.17) is 11.6 Å². The average molecular weight is 547 g/mol. The smallest absolute Gasteiger partial charge is 0.322 e. The van der Waals surface area contributed by atoms with E-state index in [2.05, 4.69) is 10.6 Å². The van der Waals surface area contributed by atoms with Crippen LogP contribution in [0.25, 0.3) is 5.69 Å². The molecule has 2 atom stereocenters. The van der Waals surface area contributed by atoms with Crippen LogP contribution in [0.4, 0.5) is 20.6 Å². The van der Waals surface area contributed by atoms with Gasteiger partial charge in [0, 0.05) is 35.5 Å². The number of carbonyl (C=O) groups is 2. The van der Waals surface area contributed by atoms with Gasteiger partial charge in [0.25, 0.3) is 5.56 Å². The summed E-state index contributed by atoms with van der Waals surface area (Å²) in [5.74, 6) is -1.43. The van der Waals surface area contributed by atoms with Crippen molar-refractivity contribution in [2.24, 2.45) is 0 Å². The maximum absolute atomic E-state index is 15.0. The Labute approximate surface area is 228 Å². The first-order valence-electron chi connectivity index (χ1n) is 12.1. The molecule has 0 radical (unpaired) electrons. The standard InChI is InChI=1S/C29H24ClFN4O4/c30-20-9-11-21(12-10-20)32-28(38)35-18-29(39,19-6-2-1-3-7-19)17-25(35)27(37)33-24-14-13-22(16-23(24)31)34-15-5-4-8-26(34)36/h1-16,25,39H,17-18H2,(H,32,38)(H,33,37)/t25-,29-/m1/s1. The van der Waals surface area contributed by atoms with Crippen molar-refractivity contribution in [3.63, 3.8) is 0 Å². The van der Waals surface area contributed by atoms with Crippen molar-refractivity contribution in [1.82, 2.24) is 9.47 Å². The first-order valence-corrected chi connectivity index (χ1v) is 12.5. The van der Waals surface area contributed by atoms with E-state index in [1.165, 1.54) is 33.9 Å². The molecule has 0 spiro atoms. The Kier molecular flexibility index (Phi) is 7.19. The van der Waals surface area contributed by atoms with Gasteiger partial charge in [-0.1, -0.05) is 48.0 Å². The summed E-state index contributed by atoms with van der Waals surface area (Å²) < 4.78 is 16.3. The van der Waals surface area contributed by atoms with Gasteiger partial charge in [0.05, 0.1) is 17.9 Å². The zero-order valence-corrected chi connectivity index (χ0v) is 21.3. The van der Waals surface area contributed by atoms with E-state index in [9.17, 15) is 19.5 Å². The third kappa shape index (κ3) is 5.55. The molecule has 0 bridgehead atoms. The zero-order valence-electron chi connectivity index (χ0n) is 20.6. The molecule has 10 heteroatoms. The van der Waals surface area contributed by atoms with E-state index >= 15 is 4.39 Å². The fourth-order valence-electron chi connectivity index (χ4n) is 4.63. The molecule has 5 rings (SSSR count). The van der Waals surface area contributed by atoms with Crippen LogP contribution in [0.1, 0.15) is 12.0 Å². The first kappa shape index (κ1) is 26.1. The molecular formula is C29H24ClFN4O4. The van der Waals surface area contributed by atoms with Gasteiger partial charge in [0.1, 0.15) is 17.5 Å². The van der Waals surface area contributed by atoms with E-state index in [1.54, 1.807) is 66.7 Å². The number of urea groups is 1. The molecule has 198 valence electrons. The zero-order chi connectivity index (χ0) is 27.6. The number of likely N-dealkylation sites (tertiary alicyclic amines) is 1. The third-order valence-corrected chi connectivity index (χ3v) is 6.87. The number of benzene rings is 3. The van der Waals surface area contributed by atoms with Crippen molar-refractivity contribution in [2.45, 2.75) is 18.1 Å². The minimum absolute atomic E-state index is 0.101. The van der Waals surface area contributed by atoms with Crippen LogP contribution in [-0.2, 0) is 10.4 Å². The summed E-state index contributed by atoms with van der Waals surface area (Å²) in [5.41, 5.74) is -0.662. The molecule has 4 aromatic rings. The van der Waals surface area contributed by atoms with Crippen LogP contribution in [0, 0.1) is 5.82 Å². The lowest BCUT2D eigenvalue weighted by Gasteiger charge is -2.25. The molecule has 3 N–H and O–H groups in total. The second kappa shape index (κ2) is 10.7. The molecule has 0 aliphatic carbocycles. The third-order valence-electron chi connectivity index (χ3n) is 6.62. The number of pyridine rings is 1. The van der Waals surface area contributed by atoms with E-state index in [1.807, 2.05) is 0 Å². The Morgan fingerprint density at radius 1 is 0.949 bits per heavy atom. The Bertz CT molecular complexity index is 1580. The van der Waals surface area contributed by atoms with Crippen molar-refractivity contribution < 1.29 is 19.1 Å². The maximum Gasteiger partial charge on any atom is 0.322 e. The molecule has 39 heavy (non-hydrogen) atoms. The van der Waals surface area contributed by atoms with Crippen molar-refractivity contribution >= 4 is 34.9 Å². The summed E-state index contributed by atoms with van der Waals surface area (Å²) >= 11 is 5.93. The predicted octanol–water partition coefficient (Wildman–Crippen LogP) is 4.76. The molecule has 8 nitrogen and oxygen atoms in total. The summed E-state index contributed by atoms with van der Waals surface area (Å²) in [5, 5.41) is 17.2. The van der Waals surface area contributed by atoms with Gasteiger partial charge in [0.15, 0.2) is 0 Å². The van der Waals surface area contributed by atoms with Crippen LogP contribution in [0.2, 0.25) is 5.02 Å². The van der Waals surface area contributed by atoms with E-state index in [-0.39, 0.29) is 24.2 Å². The Morgan fingerprint density at radius 2 is 1.67 bits per heavy atom. The number of hydrogen-bond donors (Lipinski definition) is 3. The van der Waals surface area contributed by atoms with E-state index < -0.39 is 29.4 Å². The van der Waals surface area contributed by atoms with Gasteiger partial charge >= 0.3 is 6.03 Å². The number of aliphatic hydroxyl groups is 1. The van der Waals surface area contributed by atoms with E-state index in [0.717, 1.165) is 6.07 Å². The highest BCUT2D eigenvalue weighted by atomic mass is 35.5. The van der Waals surface area contributed by atoms with Crippen LogP contribution in [0.5, 0.6) is 0 Å². The maximum atomic E-state index is 15.0. The highest BCUT2D eigenvalue weighted by Gasteiger charge is 2.49. The summed E-state index contributed by atoms with van der Waals surface area (Å²) in [6, 6.07) is 22.1. The van der Waals surface area contributed by atoms with Gasteiger partial charge < -0.3 is 20.6 Å². The minimum Gasteiger partial charge on any atom is -0.383 e. The number of β-amino-alcohol motifs (C(OH)–C–C–N with tert-alkyl or cyclic N) is 1. The fourth-order valence-corrected chi connectivity index (χ4v) is 4.76. The lowest BCUT2D eigenvalue weighted by atomic mass is 9.91. The van der Waals surface area contributed by atoms with E-state index in [0.29, 0.717) is 22.0 Å². The molecule has 1 aliphatic heterocycles. The average Bonchev–Trinajstić information content (AvgIpc) is 3.31. The number of halogens is 2. The highest BCUT2D eigenvalue weighted by molar-refractivity contribution is 6.30. The monoisotopic (exact) mass is 546 g/mol. The van der Waals surface area contributed by atoms with Crippen molar-refractivity contribution in [2.75, 3.05) is 17.2 Å². The number of carbonyl (C=O) groups excluding carboxylic acids is 2. The lowest BCUT2D eigenvalue weighted by Crippen LogP contribution is -2.45. The number of hydrogen-bond acceptors (Lipinski definition) is 4. The number of anilines is 2. The van der Waals surface area contributed by atoms with Crippen molar-refractivity contribution in [3.05, 3.63) is 124 Å². The van der Waals surface area contributed by atoms with Crippen LogP contribution in [-0.4, -0.2) is 39.1 Å². The number of aromatic nitrogens is 1. The molecule has 3 aromatic carbocycles. The molecular weight excluding hydrogens is 523 g/mol. The quantitative estimate of drug-likeness (QED) is 0.336. The van der Waals surface area contributed by atoms with Crippen LogP contribution >= 0.6 is 11.6 Å². The molecule has 2 heterocycles. The van der Waals surface area contributed by atoms with Gasteiger partial charge in [-0.05, 0) is 48.0 Å². The Hall–Kier alpha value is -4.47. The molecule has 0 saturated carbocycles. The fraction of sp³-hybridized carbons (Fsp3) is 0.138. The Morgan fingerprint density at radius 3 is 2.36 bits per heavy atom. The SMILES string of the molecule is O=C(Nc1ccc(-n2ccccc2=O)cc1F)[C@H]1C[C@](O)(c2ccccc2)CN1C(=O)Nc1ccc(Cl)cc1. The van der Waals surface area contributed by atoms with Crippen LogP contribution < -0.4 is 16.2 Å². The molecule has 0 unspecified atom stereocenters. The Balaban J connectivity index is 1.40. The summed E-state index contributed by atoms with van der Waals surface area (Å²) in [6.45, 7) is -0.160. The van der Waals surface area contributed by atoms with Gasteiger partial charge in [-0.25, -0.2) is 9.18 Å². The van der Waals surface area contributed by atoms with Crippen molar-refractivity contribution in [3.8, 4) is 5.69 Å². The molecule has 3 amide bonds. The summed E-state index contributed by atoms with van der Waals surface area (Å²) in [6.07, 6.45) is 1.41.